The predicted molar refractivity (Wildman–Crippen MR) is 109 cm³/mol. The van der Waals surface area contributed by atoms with Crippen molar-refractivity contribution in [1.82, 2.24) is 9.71 Å². The van der Waals surface area contributed by atoms with Crippen LogP contribution in [0.2, 0.25) is 0 Å². The van der Waals surface area contributed by atoms with Gasteiger partial charge in [0.2, 0.25) is 10.0 Å². The van der Waals surface area contributed by atoms with Crippen LogP contribution in [0.3, 0.4) is 0 Å². The van der Waals surface area contributed by atoms with Crippen LogP contribution in [0.4, 0.5) is 0 Å². The summed E-state index contributed by atoms with van der Waals surface area (Å²) in [6, 6.07) is 10.6. The van der Waals surface area contributed by atoms with Crippen molar-refractivity contribution < 1.29 is 17.9 Å². The number of aromatic amines is 1. The summed E-state index contributed by atoms with van der Waals surface area (Å²) >= 11 is 0. The second kappa shape index (κ2) is 7.48. The fourth-order valence-electron chi connectivity index (χ4n) is 3.81. The first-order chi connectivity index (χ1) is 13.5. The molecule has 6 nitrogen and oxygen atoms in total. The van der Waals surface area contributed by atoms with Gasteiger partial charge in [0.15, 0.2) is 11.5 Å². The summed E-state index contributed by atoms with van der Waals surface area (Å²) in [6.45, 7) is 0.229. The van der Waals surface area contributed by atoms with Crippen LogP contribution in [0, 0.1) is 0 Å². The van der Waals surface area contributed by atoms with Gasteiger partial charge in [0, 0.05) is 29.2 Å². The van der Waals surface area contributed by atoms with Crippen molar-refractivity contribution in [3.8, 4) is 11.5 Å². The normalized spacial score (nSPS) is 14.1. The van der Waals surface area contributed by atoms with Gasteiger partial charge in [0.1, 0.15) is 0 Å². The number of benzene rings is 2. The molecule has 0 saturated carbocycles. The first-order valence-electron chi connectivity index (χ1n) is 9.36. The number of nitrogens with one attached hydrogen (secondary N) is 2. The van der Waals surface area contributed by atoms with Crippen LogP contribution in [0.5, 0.6) is 11.5 Å². The third-order valence-corrected chi connectivity index (χ3v) is 6.69. The van der Waals surface area contributed by atoms with Crippen LogP contribution in [0.1, 0.15) is 29.7 Å². The molecule has 0 bridgehead atoms. The molecule has 0 fully saturated rings. The van der Waals surface area contributed by atoms with Crippen LogP contribution < -0.4 is 14.2 Å². The molecular formula is C21H24N2O4S. The molecule has 0 aliphatic heterocycles. The third-order valence-electron chi connectivity index (χ3n) is 5.29. The molecule has 0 amide bonds. The van der Waals surface area contributed by atoms with Gasteiger partial charge in [0.25, 0.3) is 0 Å². The van der Waals surface area contributed by atoms with Crippen molar-refractivity contribution >= 4 is 20.9 Å². The molecular weight excluding hydrogens is 376 g/mol. The number of rotatable bonds is 6. The minimum atomic E-state index is -3.67. The number of H-pyrrole nitrogens is 1. The molecule has 0 spiro atoms. The van der Waals surface area contributed by atoms with E-state index in [1.165, 1.54) is 55.8 Å². The Morgan fingerprint density at radius 2 is 1.79 bits per heavy atom. The Labute approximate surface area is 164 Å². The van der Waals surface area contributed by atoms with Crippen molar-refractivity contribution in [1.29, 1.82) is 0 Å². The van der Waals surface area contributed by atoms with Crippen LogP contribution in [0.15, 0.2) is 41.3 Å². The number of aryl methyl sites for hydroxylation is 2. The van der Waals surface area contributed by atoms with Gasteiger partial charge < -0.3 is 14.5 Å². The zero-order chi connectivity index (χ0) is 19.7. The number of ether oxygens (including phenoxy) is 2. The Morgan fingerprint density at radius 3 is 2.57 bits per heavy atom. The Balaban J connectivity index is 1.56. The van der Waals surface area contributed by atoms with Crippen molar-refractivity contribution in [3.63, 3.8) is 0 Å². The Kier molecular flexibility index (Phi) is 5.03. The number of fused-ring (bicyclic) bond motifs is 3. The van der Waals surface area contributed by atoms with Gasteiger partial charge in [-0.1, -0.05) is 6.07 Å². The highest BCUT2D eigenvalue weighted by Gasteiger charge is 2.18. The van der Waals surface area contributed by atoms with E-state index in [-0.39, 0.29) is 11.4 Å². The van der Waals surface area contributed by atoms with Crippen LogP contribution in [0.25, 0.3) is 10.9 Å². The molecule has 0 unspecified atom stereocenters. The van der Waals surface area contributed by atoms with E-state index in [0.29, 0.717) is 11.5 Å². The maximum Gasteiger partial charge on any atom is 0.241 e. The summed E-state index contributed by atoms with van der Waals surface area (Å²) in [5.74, 6) is 0.870. The van der Waals surface area contributed by atoms with Gasteiger partial charge in [-0.15, -0.1) is 0 Å². The van der Waals surface area contributed by atoms with E-state index >= 15 is 0 Å². The molecule has 4 rings (SSSR count). The molecule has 3 aromatic rings. The Morgan fingerprint density at radius 1 is 1.00 bits per heavy atom. The summed E-state index contributed by atoms with van der Waals surface area (Å²) in [6.07, 6.45) is 4.59. The lowest BCUT2D eigenvalue weighted by molar-refractivity contribution is 0.354. The van der Waals surface area contributed by atoms with Crippen molar-refractivity contribution in [2.45, 2.75) is 37.1 Å². The van der Waals surface area contributed by atoms with Crippen LogP contribution in [-0.2, 0) is 29.4 Å². The Bertz CT molecular complexity index is 1120. The fraction of sp³-hybridized carbons (Fsp3) is 0.333. The van der Waals surface area contributed by atoms with Crippen molar-refractivity contribution in [2.24, 2.45) is 0 Å². The van der Waals surface area contributed by atoms with Gasteiger partial charge in [0.05, 0.1) is 19.1 Å². The fourth-order valence-corrected chi connectivity index (χ4v) is 4.84. The zero-order valence-corrected chi connectivity index (χ0v) is 16.9. The molecule has 1 aliphatic rings. The summed E-state index contributed by atoms with van der Waals surface area (Å²) in [5.41, 5.74) is 4.76. The molecule has 1 aliphatic carbocycles. The van der Waals surface area contributed by atoms with E-state index < -0.39 is 10.0 Å². The van der Waals surface area contributed by atoms with Gasteiger partial charge in [-0.25, -0.2) is 13.1 Å². The molecule has 1 aromatic heterocycles. The van der Waals surface area contributed by atoms with E-state index in [4.69, 9.17) is 9.47 Å². The van der Waals surface area contributed by atoms with E-state index in [2.05, 4.69) is 15.8 Å². The highest BCUT2D eigenvalue weighted by Crippen LogP contribution is 2.31. The average molecular weight is 401 g/mol. The number of hydrogen-bond donors (Lipinski definition) is 2. The van der Waals surface area contributed by atoms with Gasteiger partial charge in [-0.3, -0.25) is 0 Å². The average Bonchev–Trinajstić information content (AvgIpc) is 3.09. The lowest BCUT2D eigenvalue weighted by Gasteiger charge is -2.12. The van der Waals surface area contributed by atoms with E-state index in [1.807, 2.05) is 12.1 Å². The van der Waals surface area contributed by atoms with E-state index in [0.717, 1.165) is 23.9 Å². The summed E-state index contributed by atoms with van der Waals surface area (Å²) in [7, 11) is -0.672. The second-order valence-corrected chi connectivity index (χ2v) is 8.78. The molecule has 0 saturated heterocycles. The highest BCUT2D eigenvalue weighted by molar-refractivity contribution is 7.89. The number of aromatic nitrogens is 1. The molecule has 0 radical (unpaired) electrons. The van der Waals surface area contributed by atoms with Gasteiger partial charge >= 0.3 is 0 Å². The summed E-state index contributed by atoms with van der Waals surface area (Å²) < 4.78 is 38.5. The minimum absolute atomic E-state index is 0.144. The predicted octanol–water partition coefficient (Wildman–Crippen LogP) is 3.54. The minimum Gasteiger partial charge on any atom is -0.493 e. The molecule has 7 heteroatoms. The summed E-state index contributed by atoms with van der Waals surface area (Å²) in [4.78, 5) is 3.64. The lowest BCUT2D eigenvalue weighted by atomic mass is 9.95. The smallest absolute Gasteiger partial charge is 0.241 e. The number of sulfonamides is 1. The zero-order valence-electron chi connectivity index (χ0n) is 16.0. The van der Waals surface area contributed by atoms with Crippen LogP contribution >= 0.6 is 0 Å². The van der Waals surface area contributed by atoms with Gasteiger partial charge in [-0.05, 0) is 61.1 Å². The lowest BCUT2D eigenvalue weighted by Crippen LogP contribution is -2.23. The SMILES string of the molecule is COc1ccc(S(=O)(=O)NCc2ccc3[nH]c4c(c3c2)CCCC4)cc1OC. The molecule has 148 valence electrons. The molecule has 2 aromatic carbocycles. The maximum atomic E-state index is 12.7. The van der Waals surface area contributed by atoms with Crippen LogP contribution in [-0.4, -0.2) is 27.6 Å². The van der Waals surface area contributed by atoms with Crippen molar-refractivity contribution in [3.05, 3.63) is 53.2 Å². The quantitative estimate of drug-likeness (QED) is 0.663. The maximum absolute atomic E-state index is 12.7. The van der Waals surface area contributed by atoms with Gasteiger partial charge in [-0.2, -0.15) is 0 Å². The third kappa shape index (κ3) is 3.47. The number of hydrogen-bond acceptors (Lipinski definition) is 4. The van der Waals surface area contributed by atoms with Crippen molar-refractivity contribution in [2.75, 3.05) is 14.2 Å². The highest BCUT2D eigenvalue weighted by atomic mass is 32.2. The number of methoxy groups -OCH3 is 2. The standard InChI is InChI=1S/C21H24N2O4S/c1-26-20-10-8-15(12-21(20)27-2)28(24,25)22-13-14-7-9-19-17(11-14)16-5-3-4-6-18(16)23-19/h7-12,22-23H,3-6,13H2,1-2H3. The molecule has 1 heterocycles. The molecule has 2 N–H and O–H groups in total. The monoisotopic (exact) mass is 400 g/mol. The first kappa shape index (κ1) is 18.8. The second-order valence-electron chi connectivity index (χ2n) is 7.01. The molecule has 0 atom stereocenters. The van der Waals surface area contributed by atoms with E-state index in [1.54, 1.807) is 6.07 Å². The van der Waals surface area contributed by atoms with E-state index in [9.17, 15) is 8.42 Å². The topological polar surface area (TPSA) is 80.4 Å². The summed E-state index contributed by atoms with van der Waals surface area (Å²) in [5, 5.41) is 1.21. The Hall–Kier alpha value is -2.51. The molecule has 28 heavy (non-hydrogen) atoms. The first-order valence-corrected chi connectivity index (χ1v) is 10.8. The largest absolute Gasteiger partial charge is 0.493 e.